The predicted molar refractivity (Wildman–Crippen MR) is 85.7 cm³/mol. The molecule has 0 saturated heterocycles. The summed E-state index contributed by atoms with van der Waals surface area (Å²) in [4.78, 5) is 28.7. The number of nitrogens with one attached hydrogen (secondary N) is 2. The third-order valence-electron chi connectivity index (χ3n) is 3.05. The third-order valence-corrected chi connectivity index (χ3v) is 3.05. The van der Waals surface area contributed by atoms with Crippen LogP contribution in [0.2, 0.25) is 0 Å². The molecule has 0 unspecified atom stereocenters. The van der Waals surface area contributed by atoms with E-state index in [0.717, 1.165) is 32.5 Å². The van der Waals surface area contributed by atoms with Gasteiger partial charge >= 0.3 is 0 Å². The van der Waals surface area contributed by atoms with Gasteiger partial charge < -0.3 is 21.3 Å². The molecule has 4 N–H and O–H groups in total. The normalized spacial score (nSPS) is 10.7. The standard InChI is InChI=1S/C15H25N5O2/c1-20(2)10-4-8-17-7-3-9-18-15(22)12-5-6-13(14(16)21)19-11-12/h5-6,11,17H,3-4,7-10H2,1-2H3,(H2,16,21)(H,18,22). The number of rotatable bonds is 10. The fraction of sp³-hybridized carbons (Fsp3) is 0.533. The molecule has 1 heterocycles. The van der Waals surface area contributed by atoms with Crippen molar-refractivity contribution in [2.75, 3.05) is 40.3 Å². The molecule has 0 spiro atoms. The van der Waals surface area contributed by atoms with Crippen molar-refractivity contribution in [3.05, 3.63) is 29.6 Å². The van der Waals surface area contributed by atoms with Crippen molar-refractivity contribution < 1.29 is 9.59 Å². The number of hydrogen-bond acceptors (Lipinski definition) is 5. The molecule has 1 aromatic heterocycles. The molecular weight excluding hydrogens is 282 g/mol. The molecule has 0 saturated carbocycles. The molecule has 0 aromatic carbocycles. The van der Waals surface area contributed by atoms with Gasteiger partial charge in [0.1, 0.15) is 5.69 Å². The second-order valence-electron chi connectivity index (χ2n) is 5.31. The van der Waals surface area contributed by atoms with Crippen molar-refractivity contribution in [3.63, 3.8) is 0 Å². The Morgan fingerprint density at radius 3 is 2.50 bits per heavy atom. The summed E-state index contributed by atoms with van der Waals surface area (Å²) >= 11 is 0. The third kappa shape index (κ3) is 7.14. The van der Waals surface area contributed by atoms with Crippen molar-refractivity contribution in [3.8, 4) is 0 Å². The lowest BCUT2D eigenvalue weighted by atomic mass is 10.2. The highest BCUT2D eigenvalue weighted by Gasteiger charge is 2.07. The second kappa shape index (κ2) is 9.86. The van der Waals surface area contributed by atoms with E-state index in [4.69, 9.17) is 5.73 Å². The molecule has 1 aromatic rings. The molecule has 0 atom stereocenters. The minimum absolute atomic E-state index is 0.151. The Kier molecular flexibility index (Phi) is 8.09. The summed E-state index contributed by atoms with van der Waals surface area (Å²) in [6, 6.07) is 2.99. The molecule has 22 heavy (non-hydrogen) atoms. The van der Waals surface area contributed by atoms with E-state index < -0.39 is 5.91 Å². The number of hydrogen-bond donors (Lipinski definition) is 3. The van der Waals surface area contributed by atoms with Gasteiger partial charge in [-0.25, -0.2) is 0 Å². The first-order valence-electron chi connectivity index (χ1n) is 7.40. The zero-order chi connectivity index (χ0) is 16.4. The van der Waals surface area contributed by atoms with Gasteiger partial charge in [-0.3, -0.25) is 14.6 Å². The van der Waals surface area contributed by atoms with Crippen molar-refractivity contribution in [2.45, 2.75) is 12.8 Å². The Bertz CT molecular complexity index is 473. The highest BCUT2D eigenvalue weighted by molar-refractivity contribution is 5.95. The van der Waals surface area contributed by atoms with E-state index in [9.17, 15) is 9.59 Å². The lowest BCUT2D eigenvalue weighted by molar-refractivity contribution is 0.0949. The van der Waals surface area contributed by atoms with Crippen molar-refractivity contribution in [1.82, 2.24) is 20.5 Å². The molecular formula is C15H25N5O2. The minimum Gasteiger partial charge on any atom is -0.364 e. The van der Waals surface area contributed by atoms with Crippen molar-refractivity contribution >= 4 is 11.8 Å². The Labute approximate surface area is 131 Å². The van der Waals surface area contributed by atoms with Crippen LogP contribution in [0.3, 0.4) is 0 Å². The number of pyridine rings is 1. The van der Waals surface area contributed by atoms with Crippen LogP contribution in [0.5, 0.6) is 0 Å². The van der Waals surface area contributed by atoms with Crippen LogP contribution in [0.25, 0.3) is 0 Å². The molecule has 0 aliphatic rings. The van der Waals surface area contributed by atoms with Gasteiger partial charge in [-0.05, 0) is 58.7 Å². The quantitative estimate of drug-likeness (QED) is 0.522. The second-order valence-corrected chi connectivity index (χ2v) is 5.31. The Balaban J connectivity index is 2.14. The van der Waals surface area contributed by atoms with Crippen LogP contribution < -0.4 is 16.4 Å². The van der Waals surface area contributed by atoms with Gasteiger partial charge in [-0.1, -0.05) is 0 Å². The molecule has 0 aliphatic heterocycles. The van der Waals surface area contributed by atoms with Gasteiger partial charge in [-0.15, -0.1) is 0 Å². The maximum absolute atomic E-state index is 11.8. The van der Waals surface area contributed by atoms with E-state index in [1.54, 1.807) is 6.07 Å². The fourth-order valence-corrected chi connectivity index (χ4v) is 1.84. The van der Waals surface area contributed by atoms with Gasteiger partial charge in [0.05, 0.1) is 5.56 Å². The monoisotopic (exact) mass is 307 g/mol. The number of nitrogens with zero attached hydrogens (tertiary/aromatic N) is 2. The molecule has 0 aliphatic carbocycles. The fourth-order valence-electron chi connectivity index (χ4n) is 1.84. The van der Waals surface area contributed by atoms with Gasteiger partial charge in [0.15, 0.2) is 0 Å². The van der Waals surface area contributed by atoms with Crippen LogP contribution in [0.15, 0.2) is 18.3 Å². The van der Waals surface area contributed by atoms with E-state index in [0.29, 0.717) is 12.1 Å². The van der Waals surface area contributed by atoms with Gasteiger partial charge in [-0.2, -0.15) is 0 Å². The maximum Gasteiger partial charge on any atom is 0.267 e. The Hall–Kier alpha value is -1.99. The summed E-state index contributed by atoms with van der Waals surface area (Å²) in [6.07, 6.45) is 3.33. The molecule has 0 bridgehead atoms. The molecule has 0 radical (unpaired) electrons. The highest BCUT2D eigenvalue weighted by Crippen LogP contribution is 1.99. The smallest absolute Gasteiger partial charge is 0.267 e. The number of carbonyl (C=O) groups is 2. The van der Waals surface area contributed by atoms with E-state index in [1.807, 2.05) is 0 Å². The number of carbonyl (C=O) groups excluding carboxylic acids is 2. The minimum atomic E-state index is -0.604. The average Bonchev–Trinajstić information content (AvgIpc) is 2.49. The maximum atomic E-state index is 11.8. The lowest BCUT2D eigenvalue weighted by Gasteiger charge is -2.10. The highest BCUT2D eigenvalue weighted by atomic mass is 16.2. The SMILES string of the molecule is CN(C)CCCNCCCNC(=O)c1ccc(C(N)=O)nc1. The summed E-state index contributed by atoms with van der Waals surface area (Å²) in [5, 5.41) is 6.15. The van der Waals surface area contributed by atoms with E-state index in [1.165, 1.54) is 12.3 Å². The lowest BCUT2D eigenvalue weighted by Crippen LogP contribution is -2.28. The van der Waals surface area contributed by atoms with E-state index >= 15 is 0 Å². The summed E-state index contributed by atoms with van der Waals surface area (Å²) < 4.78 is 0. The Morgan fingerprint density at radius 2 is 1.91 bits per heavy atom. The average molecular weight is 307 g/mol. The van der Waals surface area contributed by atoms with Gasteiger partial charge in [0, 0.05) is 12.7 Å². The summed E-state index contributed by atoms with van der Waals surface area (Å²) in [6.45, 7) is 3.51. The summed E-state index contributed by atoms with van der Waals surface area (Å²) in [5.74, 6) is -0.802. The zero-order valence-corrected chi connectivity index (χ0v) is 13.3. The van der Waals surface area contributed by atoms with E-state index in [-0.39, 0.29) is 11.6 Å². The van der Waals surface area contributed by atoms with Crippen LogP contribution in [0.4, 0.5) is 0 Å². The van der Waals surface area contributed by atoms with Crippen LogP contribution in [-0.4, -0.2) is 62.0 Å². The number of nitrogens with two attached hydrogens (primary N) is 1. The Morgan fingerprint density at radius 1 is 1.18 bits per heavy atom. The molecule has 0 fully saturated rings. The van der Waals surface area contributed by atoms with Crippen LogP contribution in [0.1, 0.15) is 33.7 Å². The molecule has 7 heteroatoms. The van der Waals surface area contributed by atoms with Crippen molar-refractivity contribution in [1.29, 1.82) is 0 Å². The van der Waals surface area contributed by atoms with Crippen LogP contribution >= 0.6 is 0 Å². The molecule has 1 rings (SSSR count). The van der Waals surface area contributed by atoms with Crippen LogP contribution in [-0.2, 0) is 0 Å². The number of aromatic nitrogens is 1. The number of amides is 2. The molecule has 7 nitrogen and oxygen atoms in total. The predicted octanol–water partition coefficient (Wildman–Crippen LogP) is -0.158. The molecule has 2 amide bonds. The molecule has 122 valence electrons. The van der Waals surface area contributed by atoms with Gasteiger partial charge in [0.2, 0.25) is 0 Å². The first-order chi connectivity index (χ1) is 10.5. The summed E-state index contributed by atoms with van der Waals surface area (Å²) in [7, 11) is 4.11. The van der Waals surface area contributed by atoms with E-state index in [2.05, 4.69) is 34.6 Å². The topological polar surface area (TPSA) is 100 Å². The van der Waals surface area contributed by atoms with Crippen molar-refractivity contribution in [2.24, 2.45) is 5.73 Å². The summed E-state index contributed by atoms with van der Waals surface area (Å²) in [5.41, 5.74) is 5.66. The first-order valence-corrected chi connectivity index (χ1v) is 7.40. The zero-order valence-electron chi connectivity index (χ0n) is 13.3. The van der Waals surface area contributed by atoms with Crippen LogP contribution in [0, 0.1) is 0 Å². The van der Waals surface area contributed by atoms with Gasteiger partial charge in [0.25, 0.3) is 11.8 Å². The largest absolute Gasteiger partial charge is 0.364 e. The first kappa shape index (κ1) is 18.1. The number of primary amides is 1.